The van der Waals surface area contributed by atoms with Crippen LogP contribution in [-0.4, -0.2) is 37.0 Å². The molecule has 1 rings (SSSR count). The molecule has 1 aliphatic carbocycles. The molecule has 0 spiro atoms. The van der Waals surface area contributed by atoms with Crippen molar-refractivity contribution in [3.05, 3.63) is 0 Å². The molecule has 0 aromatic heterocycles. The fraction of sp³-hybridized carbons (Fsp3) is 0.917. The second-order valence-corrected chi connectivity index (χ2v) is 5.10. The van der Waals surface area contributed by atoms with E-state index in [9.17, 15) is 4.79 Å². The predicted octanol–water partition coefficient (Wildman–Crippen LogP) is 1.63. The predicted molar refractivity (Wildman–Crippen MR) is 62.7 cm³/mol. The monoisotopic (exact) mass is 212 g/mol. The lowest BCUT2D eigenvalue weighted by Crippen LogP contribution is -2.40. The lowest BCUT2D eigenvalue weighted by Gasteiger charge is -2.31. The summed E-state index contributed by atoms with van der Waals surface area (Å²) in [6, 6.07) is 1.17. The zero-order valence-electron chi connectivity index (χ0n) is 10.4. The molecule has 15 heavy (non-hydrogen) atoms. The van der Waals surface area contributed by atoms with Crippen molar-refractivity contribution in [3.63, 3.8) is 0 Å². The summed E-state index contributed by atoms with van der Waals surface area (Å²) >= 11 is 0. The van der Waals surface area contributed by atoms with E-state index < -0.39 is 0 Å². The van der Waals surface area contributed by atoms with E-state index in [4.69, 9.17) is 0 Å². The zero-order chi connectivity index (χ0) is 11.4. The second kappa shape index (κ2) is 5.50. The fourth-order valence-corrected chi connectivity index (χ4v) is 2.34. The minimum Gasteiger partial charge on any atom is -0.349 e. The topological polar surface area (TPSA) is 32.3 Å². The number of nitrogens with one attached hydrogen (secondary N) is 1. The molecule has 3 heteroatoms. The second-order valence-electron chi connectivity index (χ2n) is 5.10. The normalized spacial score (nSPS) is 26.7. The van der Waals surface area contributed by atoms with Crippen molar-refractivity contribution in [2.45, 2.75) is 51.6 Å². The summed E-state index contributed by atoms with van der Waals surface area (Å²) in [6.07, 6.45) is 4.37. The van der Waals surface area contributed by atoms with Crippen molar-refractivity contribution < 1.29 is 4.79 Å². The molecule has 0 aliphatic heterocycles. The highest BCUT2D eigenvalue weighted by Crippen LogP contribution is 2.25. The lowest BCUT2D eigenvalue weighted by molar-refractivity contribution is -0.134. The van der Waals surface area contributed by atoms with E-state index in [2.05, 4.69) is 19.2 Å². The number of nitrogens with zero attached hydrogens (tertiary/aromatic N) is 1. The van der Waals surface area contributed by atoms with Gasteiger partial charge in [-0.05, 0) is 25.7 Å². The number of rotatable bonds is 3. The Hall–Kier alpha value is -0.570. The van der Waals surface area contributed by atoms with Gasteiger partial charge in [-0.1, -0.05) is 13.8 Å². The van der Waals surface area contributed by atoms with Gasteiger partial charge in [-0.2, -0.15) is 0 Å². The maximum absolute atomic E-state index is 11.7. The van der Waals surface area contributed by atoms with Crippen molar-refractivity contribution in [2.75, 3.05) is 14.1 Å². The molecular weight excluding hydrogens is 188 g/mol. The smallest absolute Gasteiger partial charge is 0.225 e. The average molecular weight is 212 g/mol. The van der Waals surface area contributed by atoms with Crippen LogP contribution in [0.4, 0.5) is 0 Å². The molecule has 0 saturated heterocycles. The third-order valence-electron chi connectivity index (χ3n) is 3.09. The molecule has 0 heterocycles. The third kappa shape index (κ3) is 3.82. The molecule has 0 bridgehead atoms. The molecule has 0 radical (unpaired) electrons. The third-order valence-corrected chi connectivity index (χ3v) is 3.09. The molecule has 0 unspecified atom stereocenters. The standard InChI is InChI=1S/C12H24N2O/c1-9(2)13-11-7-5-10(6-8-11)12(15)14(3)4/h9-11,13H,5-8H2,1-4H3. The molecule has 1 N–H and O–H groups in total. The zero-order valence-corrected chi connectivity index (χ0v) is 10.4. The number of carbonyl (C=O) groups is 1. The quantitative estimate of drug-likeness (QED) is 0.771. The molecule has 1 saturated carbocycles. The van der Waals surface area contributed by atoms with Crippen molar-refractivity contribution in [3.8, 4) is 0 Å². The van der Waals surface area contributed by atoms with Crippen LogP contribution in [0.2, 0.25) is 0 Å². The van der Waals surface area contributed by atoms with Gasteiger partial charge in [-0.15, -0.1) is 0 Å². The van der Waals surface area contributed by atoms with Gasteiger partial charge in [-0.3, -0.25) is 4.79 Å². The van der Waals surface area contributed by atoms with Crippen molar-refractivity contribution in [1.82, 2.24) is 10.2 Å². The van der Waals surface area contributed by atoms with Gasteiger partial charge in [-0.25, -0.2) is 0 Å². The molecule has 1 aliphatic rings. The summed E-state index contributed by atoms with van der Waals surface area (Å²) in [4.78, 5) is 13.5. The van der Waals surface area contributed by atoms with Crippen LogP contribution in [0.5, 0.6) is 0 Å². The van der Waals surface area contributed by atoms with Gasteiger partial charge < -0.3 is 10.2 Å². The van der Waals surface area contributed by atoms with Gasteiger partial charge in [0.2, 0.25) is 5.91 Å². The molecular formula is C12H24N2O. The van der Waals surface area contributed by atoms with Gasteiger partial charge in [0.1, 0.15) is 0 Å². The molecule has 0 aromatic rings. The Balaban J connectivity index is 2.32. The molecule has 1 fully saturated rings. The minimum atomic E-state index is 0.269. The number of hydrogen-bond donors (Lipinski definition) is 1. The van der Waals surface area contributed by atoms with Gasteiger partial charge in [0, 0.05) is 32.1 Å². The number of hydrogen-bond acceptors (Lipinski definition) is 2. The molecule has 0 atom stereocenters. The highest BCUT2D eigenvalue weighted by molar-refractivity contribution is 5.78. The Labute approximate surface area is 93.2 Å². The van der Waals surface area contributed by atoms with E-state index in [-0.39, 0.29) is 5.92 Å². The van der Waals surface area contributed by atoms with E-state index in [1.54, 1.807) is 4.90 Å². The fourth-order valence-electron chi connectivity index (χ4n) is 2.34. The summed E-state index contributed by atoms with van der Waals surface area (Å²) in [5, 5.41) is 3.55. The van der Waals surface area contributed by atoms with Gasteiger partial charge in [0.15, 0.2) is 0 Å². The van der Waals surface area contributed by atoms with Crippen LogP contribution in [0.15, 0.2) is 0 Å². The van der Waals surface area contributed by atoms with Crippen LogP contribution < -0.4 is 5.32 Å². The lowest BCUT2D eigenvalue weighted by atomic mass is 9.85. The Morgan fingerprint density at radius 2 is 1.73 bits per heavy atom. The van der Waals surface area contributed by atoms with E-state index in [1.807, 2.05) is 14.1 Å². The maximum Gasteiger partial charge on any atom is 0.225 e. The molecule has 0 aromatic carbocycles. The number of amides is 1. The Morgan fingerprint density at radius 3 is 2.13 bits per heavy atom. The van der Waals surface area contributed by atoms with E-state index in [0.29, 0.717) is 18.0 Å². The highest BCUT2D eigenvalue weighted by atomic mass is 16.2. The van der Waals surface area contributed by atoms with Crippen LogP contribution in [0.3, 0.4) is 0 Å². The van der Waals surface area contributed by atoms with Crippen LogP contribution >= 0.6 is 0 Å². The molecule has 3 nitrogen and oxygen atoms in total. The van der Waals surface area contributed by atoms with Crippen LogP contribution in [0.1, 0.15) is 39.5 Å². The first kappa shape index (κ1) is 12.5. The van der Waals surface area contributed by atoms with Crippen molar-refractivity contribution >= 4 is 5.91 Å². The first-order chi connectivity index (χ1) is 7.00. The summed E-state index contributed by atoms with van der Waals surface area (Å²) in [5.74, 6) is 0.572. The SMILES string of the molecule is CC(C)NC1CCC(C(=O)N(C)C)CC1. The molecule has 88 valence electrons. The first-order valence-corrected chi connectivity index (χ1v) is 5.98. The Kier molecular flexibility index (Phi) is 4.58. The summed E-state index contributed by atoms with van der Waals surface area (Å²) in [7, 11) is 3.70. The van der Waals surface area contributed by atoms with Gasteiger partial charge in [0.25, 0.3) is 0 Å². The first-order valence-electron chi connectivity index (χ1n) is 5.98. The highest BCUT2D eigenvalue weighted by Gasteiger charge is 2.27. The minimum absolute atomic E-state index is 0.269. The average Bonchev–Trinajstić information content (AvgIpc) is 2.17. The van der Waals surface area contributed by atoms with Crippen LogP contribution in [0.25, 0.3) is 0 Å². The van der Waals surface area contributed by atoms with E-state index in [0.717, 1.165) is 25.7 Å². The molecule has 1 amide bonds. The van der Waals surface area contributed by atoms with Crippen LogP contribution in [0, 0.1) is 5.92 Å². The van der Waals surface area contributed by atoms with E-state index >= 15 is 0 Å². The van der Waals surface area contributed by atoms with E-state index in [1.165, 1.54) is 0 Å². The number of carbonyl (C=O) groups excluding carboxylic acids is 1. The Bertz CT molecular complexity index is 206. The summed E-state index contributed by atoms with van der Waals surface area (Å²) < 4.78 is 0. The van der Waals surface area contributed by atoms with Gasteiger partial charge >= 0.3 is 0 Å². The van der Waals surface area contributed by atoms with Gasteiger partial charge in [0.05, 0.1) is 0 Å². The summed E-state index contributed by atoms with van der Waals surface area (Å²) in [5.41, 5.74) is 0. The van der Waals surface area contributed by atoms with Crippen LogP contribution in [-0.2, 0) is 4.79 Å². The Morgan fingerprint density at radius 1 is 1.20 bits per heavy atom. The van der Waals surface area contributed by atoms with Crippen molar-refractivity contribution in [1.29, 1.82) is 0 Å². The summed E-state index contributed by atoms with van der Waals surface area (Å²) in [6.45, 7) is 4.36. The van der Waals surface area contributed by atoms with Crippen molar-refractivity contribution in [2.24, 2.45) is 5.92 Å². The maximum atomic E-state index is 11.7. The largest absolute Gasteiger partial charge is 0.349 e.